The topological polar surface area (TPSA) is 0 Å². The van der Waals surface area contributed by atoms with E-state index in [0.29, 0.717) is 10.8 Å². The highest BCUT2D eigenvalue weighted by atomic mass is 14.5. The van der Waals surface area contributed by atoms with Crippen LogP contribution in [0, 0.1) is 16.7 Å². The average Bonchev–Trinajstić information content (AvgIpc) is 2.44. The summed E-state index contributed by atoms with van der Waals surface area (Å²) in [6.07, 6.45) is 14.9. The van der Waals surface area contributed by atoms with E-state index in [-0.39, 0.29) is 0 Å². The van der Waals surface area contributed by atoms with Gasteiger partial charge in [-0.25, -0.2) is 0 Å². The van der Waals surface area contributed by atoms with Crippen LogP contribution in [0.5, 0.6) is 0 Å². The van der Waals surface area contributed by atoms with E-state index in [0.717, 1.165) is 5.92 Å². The van der Waals surface area contributed by atoms with Gasteiger partial charge in [-0.15, -0.1) is 0 Å². The lowest BCUT2D eigenvalue weighted by Gasteiger charge is -2.52. The molecule has 2 aliphatic carbocycles. The summed E-state index contributed by atoms with van der Waals surface area (Å²) in [5.74, 6) is 0.943. The van der Waals surface area contributed by atoms with Crippen LogP contribution in [0.15, 0.2) is 0 Å². The summed E-state index contributed by atoms with van der Waals surface area (Å²) >= 11 is 0. The molecule has 0 aromatic rings. The van der Waals surface area contributed by atoms with Gasteiger partial charge >= 0.3 is 0 Å². The Morgan fingerprint density at radius 3 is 2.00 bits per heavy atom. The zero-order chi connectivity index (χ0) is 11.6. The second-order valence-corrected chi connectivity index (χ2v) is 7.04. The van der Waals surface area contributed by atoms with Gasteiger partial charge in [0.25, 0.3) is 0 Å². The Bertz CT molecular complexity index is 224. The standard InChI is InChI=1S/C16H30/c1-14-10-6-4-9-13-16(14,3)15(2)11-7-5-8-12-15/h14H,4-13H2,1-3H3. The van der Waals surface area contributed by atoms with Crippen LogP contribution in [-0.4, -0.2) is 0 Å². The van der Waals surface area contributed by atoms with Crippen molar-refractivity contribution in [3.8, 4) is 0 Å². The van der Waals surface area contributed by atoms with Crippen molar-refractivity contribution in [3.05, 3.63) is 0 Å². The van der Waals surface area contributed by atoms with Gasteiger partial charge in [-0.05, 0) is 36.0 Å². The smallest absolute Gasteiger partial charge is 0.0246 e. The quantitative estimate of drug-likeness (QED) is 0.509. The molecule has 2 rings (SSSR count). The van der Waals surface area contributed by atoms with E-state index in [1.54, 1.807) is 0 Å². The maximum Gasteiger partial charge on any atom is -0.0246 e. The van der Waals surface area contributed by atoms with Crippen molar-refractivity contribution in [2.24, 2.45) is 16.7 Å². The Hall–Kier alpha value is 0. The summed E-state index contributed by atoms with van der Waals surface area (Å²) in [6.45, 7) is 7.76. The van der Waals surface area contributed by atoms with Gasteiger partial charge in [0.15, 0.2) is 0 Å². The van der Waals surface area contributed by atoms with Gasteiger partial charge in [-0.1, -0.05) is 65.7 Å². The molecular formula is C16H30. The third-order valence-corrected chi connectivity index (χ3v) is 6.26. The van der Waals surface area contributed by atoms with Crippen molar-refractivity contribution in [1.82, 2.24) is 0 Å². The number of hydrogen-bond acceptors (Lipinski definition) is 0. The third-order valence-electron chi connectivity index (χ3n) is 6.26. The fraction of sp³-hybridized carbons (Fsp3) is 1.00. The van der Waals surface area contributed by atoms with Crippen LogP contribution >= 0.6 is 0 Å². The molecule has 2 saturated carbocycles. The molecule has 0 aromatic carbocycles. The summed E-state index contributed by atoms with van der Waals surface area (Å²) in [6, 6.07) is 0. The van der Waals surface area contributed by atoms with Gasteiger partial charge in [0.1, 0.15) is 0 Å². The summed E-state index contributed by atoms with van der Waals surface area (Å²) in [4.78, 5) is 0. The van der Waals surface area contributed by atoms with Gasteiger partial charge in [0, 0.05) is 0 Å². The van der Waals surface area contributed by atoms with Gasteiger partial charge in [-0.3, -0.25) is 0 Å². The van der Waals surface area contributed by atoms with Crippen molar-refractivity contribution >= 4 is 0 Å². The lowest BCUT2D eigenvalue weighted by Crippen LogP contribution is -2.43. The van der Waals surface area contributed by atoms with Crippen LogP contribution in [0.4, 0.5) is 0 Å². The molecular weight excluding hydrogens is 192 g/mol. The normalized spacial score (nSPS) is 40.3. The molecule has 0 bridgehead atoms. The molecule has 0 amide bonds. The molecule has 0 radical (unpaired) electrons. The van der Waals surface area contributed by atoms with Gasteiger partial charge in [0.05, 0.1) is 0 Å². The first-order chi connectivity index (χ1) is 7.58. The average molecular weight is 222 g/mol. The van der Waals surface area contributed by atoms with Crippen molar-refractivity contribution in [2.45, 2.75) is 85.0 Å². The summed E-state index contributed by atoms with van der Waals surface area (Å²) in [5.41, 5.74) is 1.28. The molecule has 0 aliphatic heterocycles. The molecule has 2 unspecified atom stereocenters. The summed E-state index contributed by atoms with van der Waals surface area (Å²) < 4.78 is 0. The lowest BCUT2D eigenvalue weighted by molar-refractivity contribution is -0.0237. The molecule has 16 heavy (non-hydrogen) atoms. The minimum Gasteiger partial charge on any atom is -0.0620 e. The Morgan fingerprint density at radius 2 is 1.31 bits per heavy atom. The zero-order valence-electron chi connectivity index (χ0n) is 11.6. The van der Waals surface area contributed by atoms with Crippen LogP contribution in [0.3, 0.4) is 0 Å². The Balaban J connectivity index is 2.19. The Kier molecular flexibility index (Phi) is 3.66. The van der Waals surface area contributed by atoms with E-state index in [1.165, 1.54) is 64.2 Å². The first-order valence-electron chi connectivity index (χ1n) is 7.58. The van der Waals surface area contributed by atoms with E-state index in [1.807, 2.05) is 0 Å². The van der Waals surface area contributed by atoms with E-state index in [9.17, 15) is 0 Å². The van der Waals surface area contributed by atoms with Crippen molar-refractivity contribution in [1.29, 1.82) is 0 Å². The maximum atomic E-state index is 2.62. The van der Waals surface area contributed by atoms with E-state index in [2.05, 4.69) is 20.8 Å². The summed E-state index contributed by atoms with van der Waals surface area (Å²) in [5, 5.41) is 0. The molecule has 0 nitrogen and oxygen atoms in total. The highest BCUT2D eigenvalue weighted by Gasteiger charge is 2.47. The van der Waals surface area contributed by atoms with Crippen molar-refractivity contribution in [2.75, 3.05) is 0 Å². The minimum absolute atomic E-state index is 0.629. The largest absolute Gasteiger partial charge is 0.0620 e. The SMILES string of the molecule is CC1CCCCCC1(C)C1(C)CCCCC1. The van der Waals surface area contributed by atoms with Crippen LogP contribution < -0.4 is 0 Å². The van der Waals surface area contributed by atoms with Gasteiger partial charge in [0.2, 0.25) is 0 Å². The van der Waals surface area contributed by atoms with Crippen LogP contribution in [0.25, 0.3) is 0 Å². The monoisotopic (exact) mass is 222 g/mol. The lowest BCUT2D eigenvalue weighted by atomic mass is 9.53. The highest BCUT2D eigenvalue weighted by Crippen LogP contribution is 2.57. The molecule has 2 fully saturated rings. The first-order valence-corrected chi connectivity index (χ1v) is 7.58. The van der Waals surface area contributed by atoms with Crippen LogP contribution in [0.2, 0.25) is 0 Å². The predicted octanol–water partition coefficient (Wildman–Crippen LogP) is 5.56. The molecule has 0 saturated heterocycles. The molecule has 0 aromatic heterocycles. The molecule has 94 valence electrons. The van der Waals surface area contributed by atoms with Crippen molar-refractivity contribution in [3.63, 3.8) is 0 Å². The second-order valence-electron chi connectivity index (χ2n) is 7.04. The second kappa shape index (κ2) is 4.70. The van der Waals surface area contributed by atoms with Crippen LogP contribution in [0.1, 0.15) is 85.0 Å². The molecule has 2 aliphatic rings. The third kappa shape index (κ3) is 2.05. The molecule has 0 heteroatoms. The van der Waals surface area contributed by atoms with Crippen molar-refractivity contribution < 1.29 is 0 Å². The zero-order valence-corrected chi connectivity index (χ0v) is 11.6. The number of hydrogen-bond donors (Lipinski definition) is 0. The van der Waals surface area contributed by atoms with E-state index >= 15 is 0 Å². The fourth-order valence-electron chi connectivity index (χ4n) is 4.48. The predicted molar refractivity (Wildman–Crippen MR) is 71.5 cm³/mol. The van der Waals surface area contributed by atoms with E-state index in [4.69, 9.17) is 0 Å². The summed E-state index contributed by atoms with van der Waals surface area (Å²) in [7, 11) is 0. The molecule has 0 N–H and O–H groups in total. The maximum absolute atomic E-state index is 2.62. The molecule has 2 atom stereocenters. The fourth-order valence-corrected chi connectivity index (χ4v) is 4.48. The highest BCUT2D eigenvalue weighted by molar-refractivity contribution is 4.97. The van der Waals surface area contributed by atoms with Gasteiger partial charge < -0.3 is 0 Å². The van der Waals surface area contributed by atoms with Gasteiger partial charge in [-0.2, -0.15) is 0 Å². The first kappa shape index (κ1) is 12.5. The van der Waals surface area contributed by atoms with E-state index < -0.39 is 0 Å². The molecule has 0 heterocycles. The number of rotatable bonds is 1. The Labute approximate surface area is 102 Å². The Morgan fingerprint density at radius 1 is 0.750 bits per heavy atom. The molecule has 0 spiro atoms. The van der Waals surface area contributed by atoms with Crippen LogP contribution in [-0.2, 0) is 0 Å². The minimum atomic E-state index is 0.629.